The molecule has 2 aromatic heterocycles. The number of anilines is 1. The summed E-state index contributed by atoms with van der Waals surface area (Å²) < 4.78 is 2.00. The number of aromatic nitrogens is 3. The average Bonchev–Trinajstić information content (AvgIpc) is 3.12. The standard InChI is InChI=1S/C16H23N5/c1-2-4-13-9-16(21-15(19-13)6-8-18-21)20-10-12-5-3-7-17-14(12)11-20/h6,8-9,12,14,17H,2-5,7,10-11H2,1H3/t12-,14+/m1/s1. The maximum atomic E-state index is 4.71. The maximum Gasteiger partial charge on any atom is 0.157 e. The molecule has 2 saturated heterocycles. The van der Waals surface area contributed by atoms with Crippen molar-refractivity contribution in [3.8, 4) is 0 Å². The molecular weight excluding hydrogens is 262 g/mol. The Bertz CT molecular complexity index is 621. The first-order valence-corrected chi connectivity index (χ1v) is 8.17. The van der Waals surface area contributed by atoms with E-state index in [2.05, 4.69) is 28.3 Å². The number of nitrogens with zero attached hydrogens (tertiary/aromatic N) is 4. The molecule has 0 amide bonds. The lowest BCUT2D eigenvalue weighted by molar-refractivity contribution is 0.340. The molecular formula is C16H23N5. The normalized spacial score (nSPS) is 25.5. The number of rotatable bonds is 3. The van der Waals surface area contributed by atoms with Gasteiger partial charge in [-0.25, -0.2) is 4.98 Å². The van der Waals surface area contributed by atoms with E-state index in [0.717, 1.165) is 37.5 Å². The molecule has 4 heterocycles. The number of hydrogen-bond acceptors (Lipinski definition) is 4. The Morgan fingerprint density at radius 1 is 1.38 bits per heavy atom. The van der Waals surface area contributed by atoms with E-state index < -0.39 is 0 Å². The molecule has 0 aliphatic carbocycles. The molecule has 0 aromatic carbocycles. The summed E-state index contributed by atoms with van der Waals surface area (Å²) in [5, 5.41) is 8.15. The summed E-state index contributed by atoms with van der Waals surface area (Å²) >= 11 is 0. The lowest BCUT2D eigenvalue weighted by Gasteiger charge is -2.24. The number of nitrogens with one attached hydrogen (secondary N) is 1. The van der Waals surface area contributed by atoms with Gasteiger partial charge in [0.15, 0.2) is 5.65 Å². The second-order valence-corrected chi connectivity index (χ2v) is 6.32. The molecule has 1 N–H and O–H groups in total. The Hall–Kier alpha value is -1.62. The van der Waals surface area contributed by atoms with Crippen molar-refractivity contribution >= 4 is 11.5 Å². The van der Waals surface area contributed by atoms with E-state index in [9.17, 15) is 0 Å². The van der Waals surface area contributed by atoms with Gasteiger partial charge >= 0.3 is 0 Å². The van der Waals surface area contributed by atoms with Gasteiger partial charge in [-0.15, -0.1) is 0 Å². The van der Waals surface area contributed by atoms with Gasteiger partial charge in [-0.3, -0.25) is 0 Å². The molecule has 0 bridgehead atoms. The molecule has 21 heavy (non-hydrogen) atoms. The third-order valence-corrected chi connectivity index (χ3v) is 4.82. The van der Waals surface area contributed by atoms with E-state index in [1.165, 1.54) is 30.9 Å². The van der Waals surface area contributed by atoms with Crippen molar-refractivity contribution in [3.05, 3.63) is 24.0 Å². The summed E-state index contributed by atoms with van der Waals surface area (Å²) in [6.07, 6.45) is 6.67. The van der Waals surface area contributed by atoms with Gasteiger partial charge < -0.3 is 10.2 Å². The quantitative estimate of drug-likeness (QED) is 0.935. The highest BCUT2D eigenvalue weighted by molar-refractivity contribution is 5.52. The molecule has 4 rings (SSSR count). The van der Waals surface area contributed by atoms with Gasteiger partial charge in [0.05, 0.1) is 6.20 Å². The van der Waals surface area contributed by atoms with Crippen molar-refractivity contribution < 1.29 is 0 Å². The summed E-state index contributed by atoms with van der Waals surface area (Å²) in [4.78, 5) is 7.20. The minimum absolute atomic E-state index is 0.646. The lowest BCUT2D eigenvalue weighted by atomic mass is 9.94. The zero-order chi connectivity index (χ0) is 14.2. The summed E-state index contributed by atoms with van der Waals surface area (Å²) in [7, 11) is 0. The maximum absolute atomic E-state index is 4.71. The van der Waals surface area contributed by atoms with Crippen LogP contribution in [0.25, 0.3) is 5.65 Å². The van der Waals surface area contributed by atoms with Crippen LogP contribution in [0.4, 0.5) is 5.82 Å². The minimum Gasteiger partial charge on any atom is -0.355 e. The Kier molecular flexibility index (Phi) is 3.30. The highest BCUT2D eigenvalue weighted by atomic mass is 15.4. The van der Waals surface area contributed by atoms with Gasteiger partial charge in [0.1, 0.15) is 5.82 Å². The van der Waals surface area contributed by atoms with E-state index in [1.54, 1.807) is 0 Å². The summed E-state index contributed by atoms with van der Waals surface area (Å²) in [5.41, 5.74) is 2.15. The molecule has 2 aliphatic rings. The first kappa shape index (κ1) is 13.1. The van der Waals surface area contributed by atoms with Crippen LogP contribution in [0.5, 0.6) is 0 Å². The molecule has 0 saturated carbocycles. The summed E-state index contributed by atoms with van der Waals surface area (Å²) in [6, 6.07) is 4.89. The van der Waals surface area contributed by atoms with Crippen molar-refractivity contribution in [1.29, 1.82) is 0 Å². The first-order valence-electron chi connectivity index (χ1n) is 8.17. The van der Waals surface area contributed by atoms with Gasteiger partial charge in [0.25, 0.3) is 0 Å². The number of aryl methyl sites for hydroxylation is 1. The van der Waals surface area contributed by atoms with E-state index in [0.29, 0.717) is 6.04 Å². The smallest absolute Gasteiger partial charge is 0.157 e. The van der Waals surface area contributed by atoms with Crippen LogP contribution in [0.1, 0.15) is 31.9 Å². The largest absolute Gasteiger partial charge is 0.355 e. The Morgan fingerprint density at radius 2 is 2.33 bits per heavy atom. The van der Waals surface area contributed by atoms with Gasteiger partial charge in [-0.2, -0.15) is 9.61 Å². The van der Waals surface area contributed by atoms with E-state index in [4.69, 9.17) is 4.98 Å². The molecule has 0 spiro atoms. The third kappa shape index (κ3) is 2.29. The van der Waals surface area contributed by atoms with Crippen LogP contribution in [-0.2, 0) is 6.42 Å². The second-order valence-electron chi connectivity index (χ2n) is 6.32. The Morgan fingerprint density at radius 3 is 3.19 bits per heavy atom. The minimum atomic E-state index is 0.646. The van der Waals surface area contributed by atoms with Gasteiger partial charge in [0.2, 0.25) is 0 Å². The molecule has 0 unspecified atom stereocenters. The van der Waals surface area contributed by atoms with Crippen LogP contribution < -0.4 is 10.2 Å². The molecule has 5 heteroatoms. The topological polar surface area (TPSA) is 45.5 Å². The second kappa shape index (κ2) is 5.30. The van der Waals surface area contributed by atoms with Gasteiger partial charge in [0, 0.05) is 37.0 Å². The van der Waals surface area contributed by atoms with Crippen molar-refractivity contribution in [1.82, 2.24) is 19.9 Å². The average molecular weight is 285 g/mol. The van der Waals surface area contributed by atoms with Crippen LogP contribution in [0.15, 0.2) is 18.3 Å². The molecule has 0 radical (unpaired) electrons. The summed E-state index contributed by atoms with van der Waals surface area (Å²) in [5.74, 6) is 2.00. The van der Waals surface area contributed by atoms with E-state index in [-0.39, 0.29) is 0 Å². The van der Waals surface area contributed by atoms with Crippen LogP contribution >= 0.6 is 0 Å². The zero-order valence-corrected chi connectivity index (χ0v) is 12.6. The van der Waals surface area contributed by atoms with Crippen molar-refractivity contribution in [2.75, 3.05) is 24.5 Å². The number of hydrogen-bond donors (Lipinski definition) is 1. The predicted octanol–water partition coefficient (Wildman–Crippen LogP) is 1.87. The molecule has 5 nitrogen and oxygen atoms in total. The van der Waals surface area contributed by atoms with Crippen molar-refractivity contribution in [3.63, 3.8) is 0 Å². The van der Waals surface area contributed by atoms with Gasteiger partial charge in [-0.1, -0.05) is 13.3 Å². The fraction of sp³-hybridized carbons (Fsp3) is 0.625. The Balaban J connectivity index is 1.70. The fourth-order valence-corrected chi connectivity index (χ4v) is 3.79. The predicted molar refractivity (Wildman–Crippen MR) is 83.7 cm³/mol. The summed E-state index contributed by atoms with van der Waals surface area (Å²) in [6.45, 7) is 5.61. The monoisotopic (exact) mass is 285 g/mol. The third-order valence-electron chi connectivity index (χ3n) is 4.82. The van der Waals surface area contributed by atoms with Crippen LogP contribution in [0, 0.1) is 5.92 Å². The number of piperidine rings is 1. The van der Waals surface area contributed by atoms with Crippen molar-refractivity contribution in [2.24, 2.45) is 5.92 Å². The van der Waals surface area contributed by atoms with Gasteiger partial charge in [-0.05, 0) is 31.7 Å². The van der Waals surface area contributed by atoms with Crippen LogP contribution in [0.3, 0.4) is 0 Å². The number of fused-ring (bicyclic) bond motifs is 2. The van der Waals surface area contributed by atoms with E-state index in [1.807, 2.05) is 16.8 Å². The SMILES string of the molecule is CCCc1cc(N2C[C@H]3CCCN[C@H]3C2)n2nccc2n1. The van der Waals surface area contributed by atoms with Crippen LogP contribution in [0.2, 0.25) is 0 Å². The zero-order valence-electron chi connectivity index (χ0n) is 12.6. The molecule has 2 fully saturated rings. The lowest BCUT2D eigenvalue weighted by Crippen LogP contribution is -2.40. The molecule has 2 atom stereocenters. The van der Waals surface area contributed by atoms with Crippen molar-refractivity contribution in [2.45, 2.75) is 38.6 Å². The Labute approximate surface area is 125 Å². The molecule has 2 aliphatic heterocycles. The highest BCUT2D eigenvalue weighted by Gasteiger charge is 2.35. The fourth-order valence-electron chi connectivity index (χ4n) is 3.79. The molecule has 112 valence electrons. The molecule has 2 aromatic rings. The first-order chi connectivity index (χ1) is 10.3. The highest BCUT2D eigenvalue weighted by Crippen LogP contribution is 2.29. The van der Waals surface area contributed by atoms with Crippen LogP contribution in [-0.4, -0.2) is 40.3 Å². The van der Waals surface area contributed by atoms with E-state index >= 15 is 0 Å².